The Hall–Kier alpha value is -1.77. The van der Waals surface area contributed by atoms with Crippen LogP contribution < -0.4 is 4.72 Å². The molecule has 1 aromatic carbocycles. The molecule has 2 aromatic rings. The van der Waals surface area contributed by atoms with Gasteiger partial charge in [-0.3, -0.25) is 0 Å². The fraction of sp³-hybridized carbons (Fsp3) is 0.286. The van der Waals surface area contributed by atoms with E-state index in [2.05, 4.69) is 4.72 Å². The van der Waals surface area contributed by atoms with Crippen LogP contribution in [-0.2, 0) is 16.4 Å². The molecule has 1 atom stereocenters. The van der Waals surface area contributed by atoms with Crippen molar-refractivity contribution in [2.45, 2.75) is 23.8 Å². The zero-order valence-corrected chi connectivity index (χ0v) is 12.5. The molecule has 0 aliphatic heterocycles. The Kier molecular flexibility index (Phi) is 4.64. The fourth-order valence-electron chi connectivity index (χ4n) is 1.87. The molecule has 1 heterocycles. The van der Waals surface area contributed by atoms with Gasteiger partial charge in [0.25, 0.3) is 0 Å². The van der Waals surface area contributed by atoms with Crippen molar-refractivity contribution in [3.63, 3.8) is 0 Å². The number of sulfonamides is 1. The number of nitrogens with one attached hydrogen (secondary N) is 1. The first kappa shape index (κ1) is 16.6. The highest BCUT2D eigenvalue weighted by atomic mass is 32.2. The minimum absolute atomic E-state index is 0.0778. The number of halogens is 2. The smallest absolute Gasteiger partial charge is 0.243 e. The van der Waals surface area contributed by atoms with E-state index in [1.54, 1.807) is 12.1 Å². The van der Waals surface area contributed by atoms with Crippen LogP contribution in [0.25, 0.3) is 0 Å². The first-order valence-corrected chi connectivity index (χ1v) is 7.87. The number of hydrogen-bond donors (Lipinski definition) is 2. The molecule has 0 aliphatic carbocycles. The minimum Gasteiger partial charge on any atom is -0.469 e. The van der Waals surface area contributed by atoms with Crippen molar-refractivity contribution in [1.82, 2.24) is 4.72 Å². The molecule has 0 fully saturated rings. The van der Waals surface area contributed by atoms with Crippen LogP contribution in [0.1, 0.15) is 12.7 Å². The van der Waals surface area contributed by atoms with Crippen molar-refractivity contribution in [2.24, 2.45) is 0 Å². The minimum atomic E-state index is -4.20. The van der Waals surface area contributed by atoms with Crippen LogP contribution in [0.2, 0.25) is 0 Å². The number of furan rings is 1. The van der Waals surface area contributed by atoms with Crippen LogP contribution in [0.5, 0.6) is 0 Å². The van der Waals surface area contributed by atoms with Crippen LogP contribution in [-0.4, -0.2) is 25.7 Å². The van der Waals surface area contributed by atoms with Gasteiger partial charge < -0.3 is 9.52 Å². The van der Waals surface area contributed by atoms with Crippen molar-refractivity contribution in [1.29, 1.82) is 0 Å². The molecule has 0 bridgehead atoms. The molecule has 1 aromatic heterocycles. The Morgan fingerprint density at radius 3 is 2.64 bits per heavy atom. The van der Waals surface area contributed by atoms with E-state index in [-0.39, 0.29) is 13.0 Å². The van der Waals surface area contributed by atoms with Gasteiger partial charge in [0.05, 0.1) is 11.9 Å². The highest BCUT2D eigenvalue weighted by molar-refractivity contribution is 7.89. The largest absolute Gasteiger partial charge is 0.469 e. The Morgan fingerprint density at radius 2 is 2.05 bits per heavy atom. The summed E-state index contributed by atoms with van der Waals surface area (Å²) in [6.45, 7) is 1.06. The highest BCUT2D eigenvalue weighted by Crippen LogP contribution is 2.17. The maximum Gasteiger partial charge on any atom is 0.243 e. The van der Waals surface area contributed by atoms with Crippen LogP contribution in [0.15, 0.2) is 45.9 Å². The quantitative estimate of drug-likeness (QED) is 0.846. The first-order valence-electron chi connectivity index (χ1n) is 6.39. The summed E-state index contributed by atoms with van der Waals surface area (Å²) in [7, 11) is -4.20. The SMILES string of the molecule is CC(O)(CNS(=O)(=O)c1ccc(F)cc1F)Cc1ccco1. The number of hydrogen-bond acceptors (Lipinski definition) is 4. The second kappa shape index (κ2) is 6.15. The fourth-order valence-corrected chi connectivity index (χ4v) is 3.09. The molecule has 8 heteroatoms. The lowest BCUT2D eigenvalue weighted by Gasteiger charge is -2.22. The Labute approximate surface area is 126 Å². The second-order valence-corrected chi connectivity index (χ2v) is 6.89. The van der Waals surface area contributed by atoms with Crippen LogP contribution in [0.4, 0.5) is 8.78 Å². The average molecular weight is 331 g/mol. The van der Waals surface area contributed by atoms with Gasteiger partial charge >= 0.3 is 0 Å². The molecule has 22 heavy (non-hydrogen) atoms. The summed E-state index contributed by atoms with van der Waals surface area (Å²) in [6.07, 6.45) is 1.51. The number of rotatable bonds is 6. The molecule has 5 nitrogen and oxygen atoms in total. The summed E-state index contributed by atoms with van der Waals surface area (Å²) in [5, 5.41) is 10.2. The van der Waals surface area contributed by atoms with Gasteiger partial charge in [0.2, 0.25) is 10.0 Å². The summed E-state index contributed by atoms with van der Waals surface area (Å²) < 4.78 is 57.5. The highest BCUT2D eigenvalue weighted by Gasteiger charge is 2.27. The van der Waals surface area contributed by atoms with E-state index < -0.39 is 32.2 Å². The van der Waals surface area contributed by atoms with E-state index in [0.29, 0.717) is 11.8 Å². The van der Waals surface area contributed by atoms with Gasteiger partial charge in [0, 0.05) is 19.0 Å². The van der Waals surface area contributed by atoms with Crippen LogP contribution in [0, 0.1) is 11.6 Å². The zero-order valence-electron chi connectivity index (χ0n) is 11.7. The normalized spacial score (nSPS) is 14.7. The predicted octanol–water partition coefficient (Wildman–Crippen LogP) is 1.83. The lowest BCUT2D eigenvalue weighted by molar-refractivity contribution is 0.0603. The van der Waals surface area contributed by atoms with Crippen molar-refractivity contribution in [2.75, 3.05) is 6.54 Å². The van der Waals surface area contributed by atoms with E-state index >= 15 is 0 Å². The standard InChI is InChI=1S/C14H15F2NO4S/c1-14(18,8-11-3-2-6-21-11)9-17-22(19,20)13-5-4-10(15)7-12(13)16/h2-7,17-18H,8-9H2,1H3. The molecule has 2 rings (SSSR count). The van der Waals surface area contributed by atoms with E-state index in [1.165, 1.54) is 13.2 Å². The third-order valence-electron chi connectivity index (χ3n) is 2.96. The van der Waals surface area contributed by atoms with Crippen molar-refractivity contribution < 1.29 is 26.7 Å². The summed E-state index contributed by atoms with van der Waals surface area (Å²) in [4.78, 5) is -0.678. The van der Waals surface area contributed by atoms with Gasteiger partial charge in [-0.2, -0.15) is 0 Å². The summed E-state index contributed by atoms with van der Waals surface area (Å²) in [6, 6.07) is 5.44. The zero-order chi connectivity index (χ0) is 16.4. The molecule has 0 aliphatic rings. The van der Waals surface area contributed by atoms with E-state index in [0.717, 1.165) is 12.1 Å². The molecular formula is C14H15F2NO4S. The van der Waals surface area contributed by atoms with Gasteiger partial charge in [-0.05, 0) is 31.2 Å². The summed E-state index contributed by atoms with van der Waals surface area (Å²) in [5.41, 5.74) is -1.43. The molecular weight excluding hydrogens is 316 g/mol. The molecule has 0 saturated carbocycles. The van der Waals surface area contributed by atoms with Crippen LogP contribution in [0.3, 0.4) is 0 Å². The topological polar surface area (TPSA) is 79.5 Å². The average Bonchev–Trinajstić information content (AvgIpc) is 2.88. The van der Waals surface area contributed by atoms with Crippen LogP contribution >= 0.6 is 0 Å². The molecule has 1 unspecified atom stereocenters. The predicted molar refractivity (Wildman–Crippen MR) is 74.6 cm³/mol. The summed E-state index contributed by atoms with van der Waals surface area (Å²) in [5.74, 6) is -1.59. The number of benzene rings is 1. The Morgan fingerprint density at radius 1 is 1.32 bits per heavy atom. The van der Waals surface area contributed by atoms with E-state index in [4.69, 9.17) is 4.42 Å². The van der Waals surface area contributed by atoms with Gasteiger partial charge in [0.15, 0.2) is 0 Å². The van der Waals surface area contributed by atoms with Crippen molar-refractivity contribution in [3.8, 4) is 0 Å². The molecule has 120 valence electrons. The monoisotopic (exact) mass is 331 g/mol. The second-order valence-electron chi connectivity index (χ2n) is 5.15. The molecule has 0 radical (unpaired) electrons. The third-order valence-corrected chi connectivity index (χ3v) is 4.40. The van der Waals surface area contributed by atoms with Gasteiger partial charge in [-0.25, -0.2) is 21.9 Å². The Balaban J connectivity index is 2.08. The van der Waals surface area contributed by atoms with E-state index in [9.17, 15) is 22.3 Å². The first-order chi connectivity index (χ1) is 10.2. The molecule has 0 spiro atoms. The van der Waals surface area contributed by atoms with Gasteiger partial charge in [-0.15, -0.1) is 0 Å². The lowest BCUT2D eigenvalue weighted by Crippen LogP contribution is -2.42. The molecule has 0 saturated heterocycles. The maximum absolute atomic E-state index is 13.5. The van der Waals surface area contributed by atoms with Crippen molar-refractivity contribution in [3.05, 3.63) is 54.0 Å². The van der Waals surface area contributed by atoms with Crippen molar-refractivity contribution >= 4 is 10.0 Å². The Bertz CT molecular complexity index is 742. The summed E-state index contributed by atoms with van der Waals surface area (Å²) >= 11 is 0. The van der Waals surface area contributed by atoms with Gasteiger partial charge in [-0.1, -0.05) is 0 Å². The molecule has 0 amide bonds. The third kappa shape index (κ3) is 4.12. The maximum atomic E-state index is 13.5. The number of aliphatic hydroxyl groups is 1. The lowest BCUT2D eigenvalue weighted by atomic mass is 10.0. The molecule has 2 N–H and O–H groups in total. The van der Waals surface area contributed by atoms with E-state index in [1.807, 2.05) is 0 Å². The van der Waals surface area contributed by atoms with Gasteiger partial charge in [0.1, 0.15) is 22.3 Å².